The van der Waals surface area contributed by atoms with Gasteiger partial charge < -0.3 is 10.4 Å². The Morgan fingerprint density at radius 1 is 1.35 bits per heavy atom. The second-order valence-electron chi connectivity index (χ2n) is 4.50. The third-order valence-electron chi connectivity index (χ3n) is 3.03. The van der Waals surface area contributed by atoms with Gasteiger partial charge in [0.1, 0.15) is 5.82 Å². The van der Waals surface area contributed by atoms with Crippen LogP contribution in [0.4, 0.5) is 5.82 Å². The Bertz CT molecular complexity index is 601. The molecule has 0 amide bonds. The van der Waals surface area contributed by atoms with Gasteiger partial charge >= 0.3 is 5.97 Å². The normalized spacial score (nSPS) is 10.7. The number of fused-ring (bicyclic) bond motifs is 1. The maximum absolute atomic E-state index is 11.3. The number of nitrogens with zero attached hydrogens (tertiary/aromatic N) is 1. The van der Waals surface area contributed by atoms with E-state index in [1.165, 1.54) is 0 Å². The molecule has 4 nitrogen and oxygen atoms in total. The fourth-order valence-electron chi connectivity index (χ4n) is 2.03. The smallest absolute Gasteiger partial charge is 0.336 e. The summed E-state index contributed by atoms with van der Waals surface area (Å²) in [4.78, 5) is 15.8. The predicted molar refractivity (Wildman–Crippen MR) is 84.8 cm³/mol. The number of benzene rings is 1. The minimum absolute atomic E-state index is 0.294. The van der Waals surface area contributed by atoms with Gasteiger partial charge in [0, 0.05) is 11.9 Å². The average molecular weight is 290 g/mol. The van der Waals surface area contributed by atoms with E-state index in [-0.39, 0.29) is 0 Å². The maximum Gasteiger partial charge on any atom is 0.336 e. The number of carbonyl (C=O) groups is 1. The van der Waals surface area contributed by atoms with Crippen LogP contribution in [0.1, 0.15) is 23.2 Å². The van der Waals surface area contributed by atoms with Crippen LogP contribution >= 0.6 is 11.8 Å². The van der Waals surface area contributed by atoms with Crippen LogP contribution < -0.4 is 5.32 Å². The molecule has 0 aliphatic heterocycles. The van der Waals surface area contributed by atoms with E-state index in [4.69, 9.17) is 0 Å². The molecule has 0 saturated carbocycles. The van der Waals surface area contributed by atoms with Crippen molar-refractivity contribution in [2.75, 3.05) is 23.9 Å². The van der Waals surface area contributed by atoms with Gasteiger partial charge in [-0.3, -0.25) is 0 Å². The molecule has 0 spiro atoms. The number of hydrogen-bond acceptors (Lipinski definition) is 4. The van der Waals surface area contributed by atoms with Gasteiger partial charge in [-0.1, -0.05) is 18.2 Å². The van der Waals surface area contributed by atoms with Gasteiger partial charge in [-0.25, -0.2) is 9.78 Å². The highest BCUT2D eigenvalue weighted by molar-refractivity contribution is 7.98. The number of nitrogens with one attached hydrogen (secondary N) is 1. The Balaban J connectivity index is 2.15. The van der Waals surface area contributed by atoms with Crippen molar-refractivity contribution in [3.63, 3.8) is 0 Å². The third kappa shape index (κ3) is 3.63. The van der Waals surface area contributed by atoms with E-state index in [1.807, 2.05) is 30.0 Å². The molecule has 1 heterocycles. The molecule has 1 aromatic heterocycles. The van der Waals surface area contributed by atoms with Gasteiger partial charge in [0.25, 0.3) is 0 Å². The van der Waals surface area contributed by atoms with Crippen LogP contribution in [-0.2, 0) is 0 Å². The first-order valence-corrected chi connectivity index (χ1v) is 7.97. The fraction of sp³-hybridized carbons (Fsp3) is 0.333. The lowest BCUT2D eigenvalue weighted by Crippen LogP contribution is -2.06. The molecule has 0 fully saturated rings. The minimum Gasteiger partial charge on any atom is -0.478 e. The van der Waals surface area contributed by atoms with Crippen LogP contribution in [0.2, 0.25) is 0 Å². The van der Waals surface area contributed by atoms with Crippen molar-refractivity contribution in [3.8, 4) is 0 Å². The van der Waals surface area contributed by atoms with Crippen molar-refractivity contribution in [2.45, 2.75) is 12.8 Å². The largest absolute Gasteiger partial charge is 0.478 e. The molecule has 2 N–H and O–H groups in total. The van der Waals surface area contributed by atoms with Gasteiger partial charge in [-0.05, 0) is 37.0 Å². The highest BCUT2D eigenvalue weighted by Gasteiger charge is 2.11. The SMILES string of the molecule is CSCCCCNc1cc(C(=O)O)c2ccccc2n1. The molecule has 5 heteroatoms. The summed E-state index contributed by atoms with van der Waals surface area (Å²) in [5.74, 6) is 0.854. The van der Waals surface area contributed by atoms with Crippen LogP contribution in [-0.4, -0.2) is 34.6 Å². The lowest BCUT2D eigenvalue weighted by Gasteiger charge is -2.09. The number of rotatable bonds is 7. The Morgan fingerprint density at radius 2 is 2.15 bits per heavy atom. The molecule has 2 aromatic rings. The Labute approximate surface area is 122 Å². The lowest BCUT2D eigenvalue weighted by atomic mass is 10.1. The van der Waals surface area contributed by atoms with Crippen molar-refractivity contribution >= 4 is 34.5 Å². The Kier molecular flexibility index (Phi) is 5.24. The zero-order valence-electron chi connectivity index (χ0n) is 11.4. The van der Waals surface area contributed by atoms with Crippen molar-refractivity contribution in [3.05, 3.63) is 35.9 Å². The highest BCUT2D eigenvalue weighted by Crippen LogP contribution is 2.20. The van der Waals surface area contributed by atoms with Crippen LogP contribution in [0.25, 0.3) is 10.9 Å². The van der Waals surface area contributed by atoms with E-state index in [9.17, 15) is 9.90 Å². The molecule has 0 saturated heterocycles. The molecule has 2 rings (SSSR count). The van der Waals surface area contributed by atoms with Crippen molar-refractivity contribution < 1.29 is 9.90 Å². The predicted octanol–water partition coefficient (Wildman–Crippen LogP) is 3.49. The lowest BCUT2D eigenvalue weighted by molar-refractivity contribution is 0.0699. The molecule has 0 unspecified atom stereocenters. The number of hydrogen-bond donors (Lipinski definition) is 2. The van der Waals surface area contributed by atoms with Crippen molar-refractivity contribution in [1.29, 1.82) is 0 Å². The molecule has 0 aliphatic carbocycles. The summed E-state index contributed by atoms with van der Waals surface area (Å²) in [6.07, 6.45) is 4.29. The number of pyridine rings is 1. The van der Waals surface area contributed by atoms with Crippen molar-refractivity contribution in [2.24, 2.45) is 0 Å². The molecular weight excluding hydrogens is 272 g/mol. The van der Waals surface area contributed by atoms with Gasteiger partial charge in [0.15, 0.2) is 0 Å². The number of carboxylic acids is 1. The van der Waals surface area contributed by atoms with Crippen LogP contribution in [0, 0.1) is 0 Å². The van der Waals surface area contributed by atoms with Crippen LogP contribution in [0.5, 0.6) is 0 Å². The quantitative estimate of drug-likeness (QED) is 0.764. The number of thioether (sulfide) groups is 1. The summed E-state index contributed by atoms with van der Waals surface area (Å²) in [5, 5.41) is 13.2. The third-order valence-corrected chi connectivity index (χ3v) is 3.72. The van der Waals surface area contributed by atoms with E-state index < -0.39 is 5.97 Å². The summed E-state index contributed by atoms with van der Waals surface area (Å²) in [5.41, 5.74) is 1.00. The van der Waals surface area contributed by atoms with E-state index in [2.05, 4.69) is 16.6 Å². The Morgan fingerprint density at radius 3 is 2.90 bits per heavy atom. The summed E-state index contributed by atoms with van der Waals surface area (Å²) in [6, 6.07) is 8.92. The highest BCUT2D eigenvalue weighted by atomic mass is 32.2. The monoisotopic (exact) mass is 290 g/mol. The molecule has 20 heavy (non-hydrogen) atoms. The molecular formula is C15H18N2O2S. The van der Waals surface area contributed by atoms with E-state index >= 15 is 0 Å². The van der Waals surface area contributed by atoms with Crippen molar-refractivity contribution in [1.82, 2.24) is 4.98 Å². The molecule has 0 bridgehead atoms. The molecule has 1 aromatic carbocycles. The fourth-order valence-corrected chi connectivity index (χ4v) is 2.52. The first kappa shape index (κ1) is 14.7. The van der Waals surface area contributed by atoms with Gasteiger partial charge in [0.2, 0.25) is 0 Å². The first-order valence-electron chi connectivity index (χ1n) is 6.58. The van der Waals surface area contributed by atoms with Crippen LogP contribution in [0.3, 0.4) is 0 Å². The van der Waals surface area contributed by atoms with E-state index in [0.29, 0.717) is 22.3 Å². The topological polar surface area (TPSA) is 62.2 Å². The van der Waals surface area contributed by atoms with Gasteiger partial charge in [0.05, 0.1) is 11.1 Å². The molecule has 0 radical (unpaired) electrons. The summed E-state index contributed by atoms with van der Waals surface area (Å²) < 4.78 is 0. The van der Waals surface area contributed by atoms with Gasteiger partial charge in [-0.2, -0.15) is 11.8 Å². The number of carboxylic acid groups (broad SMARTS) is 1. The van der Waals surface area contributed by atoms with Gasteiger partial charge in [-0.15, -0.1) is 0 Å². The molecule has 106 valence electrons. The number of unbranched alkanes of at least 4 members (excludes halogenated alkanes) is 1. The number of aromatic nitrogens is 1. The number of aromatic carboxylic acids is 1. The van der Waals surface area contributed by atoms with E-state index in [1.54, 1.807) is 12.1 Å². The number of anilines is 1. The zero-order valence-corrected chi connectivity index (χ0v) is 12.2. The number of para-hydroxylation sites is 1. The molecule has 0 aliphatic rings. The summed E-state index contributed by atoms with van der Waals surface area (Å²) in [6.45, 7) is 0.810. The summed E-state index contributed by atoms with van der Waals surface area (Å²) >= 11 is 1.83. The Hall–Kier alpha value is -1.75. The maximum atomic E-state index is 11.3. The van der Waals surface area contributed by atoms with E-state index in [0.717, 1.165) is 25.1 Å². The first-order chi connectivity index (χ1) is 9.72. The van der Waals surface area contributed by atoms with Crippen LogP contribution in [0.15, 0.2) is 30.3 Å². The standard InChI is InChI=1S/C15H18N2O2S/c1-20-9-5-4-8-16-14-10-12(15(18)19)11-6-2-3-7-13(11)17-14/h2-3,6-7,10H,4-5,8-9H2,1H3,(H,16,17)(H,18,19). The second-order valence-corrected chi connectivity index (χ2v) is 5.49. The average Bonchev–Trinajstić information content (AvgIpc) is 2.46. The minimum atomic E-state index is -0.922. The second kappa shape index (κ2) is 7.14. The zero-order chi connectivity index (χ0) is 14.4. The molecule has 0 atom stereocenters. The summed E-state index contributed by atoms with van der Waals surface area (Å²) in [7, 11) is 0.